The smallest absolute Gasteiger partial charge is 0.282 e. The van der Waals surface area contributed by atoms with Crippen LogP contribution < -0.4 is 5.32 Å². The van der Waals surface area contributed by atoms with Crippen molar-refractivity contribution >= 4 is 22.2 Å². The molecule has 1 N–H and O–H groups in total. The minimum absolute atomic E-state index is 0.194. The average Bonchev–Trinajstić information content (AvgIpc) is 3.01. The first-order valence-corrected chi connectivity index (χ1v) is 6.98. The third kappa shape index (κ3) is 2.39. The molecule has 3 aromatic rings. The van der Waals surface area contributed by atoms with Gasteiger partial charge in [-0.2, -0.15) is 4.52 Å². The van der Waals surface area contributed by atoms with E-state index in [0.717, 1.165) is 5.56 Å². The van der Waals surface area contributed by atoms with Gasteiger partial charge in [-0.25, -0.2) is 0 Å². The topological polar surface area (TPSA) is 72.2 Å². The molecule has 6 nitrogen and oxygen atoms in total. The molecule has 0 fully saturated rings. The summed E-state index contributed by atoms with van der Waals surface area (Å²) in [5.74, 6) is 0.481. The van der Waals surface area contributed by atoms with E-state index in [0.29, 0.717) is 22.3 Å². The van der Waals surface area contributed by atoms with Gasteiger partial charge in [-0.1, -0.05) is 41.2 Å². The number of benzene rings is 1. The second kappa shape index (κ2) is 5.01. The number of aromatic nitrogens is 4. The highest BCUT2D eigenvalue weighted by molar-refractivity contribution is 7.18. The lowest BCUT2D eigenvalue weighted by Crippen LogP contribution is -2.22. The minimum Gasteiger partial charge on any atom is -0.346 e. The molecule has 3 rings (SSSR count). The number of hydrogen-bond acceptors (Lipinski definition) is 5. The summed E-state index contributed by atoms with van der Waals surface area (Å²) in [6.07, 6.45) is 0. The Morgan fingerprint density at radius 3 is 2.70 bits per heavy atom. The molecule has 2 heterocycles. The molecule has 0 saturated heterocycles. The Morgan fingerprint density at radius 1 is 1.25 bits per heavy atom. The van der Waals surface area contributed by atoms with Crippen LogP contribution in [-0.4, -0.2) is 25.7 Å². The van der Waals surface area contributed by atoms with Crippen LogP contribution in [0.5, 0.6) is 0 Å². The van der Waals surface area contributed by atoms with Gasteiger partial charge in [-0.05, 0) is 19.4 Å². The van der Waals surface area contributed by atoms with E-state index < -0.39 is 0 Å². The van der Waals surface area contributed by atoms with Crippen LogP contribution in [0.3, 0.4) is 0 Å². The number of amides is 1. The Bertz CT molecular complexity index is 759. The van der Waals surface area contributed by atoms with E-state index in [1.807, 2.05) is 31.2 Å². The molecule has 0 atom stereocenters. The molecule has 0 bridgehead atoms. The molecule has 0 saturated carbocycles. The predicted octanol–water partition coefficient (Wildman–Crippen LogP) is 1.73. The van der Waals surface area contributed by atoms with Crippen molar-refractivity contribution in [1.82, 2.24) is 25.1 Å². The van der Waals surface area contributed by atoms with E-state index in [2.05, 4.69) is 20.6 Å². The first-order chi connectivity index (χ1) is 9.63. The maximum Gasteiger partial charge on any atom is 0.282 e. The summed E-state index contributed by atoms with van der Waals surface area (Å²) < 4.78 is 1.57. The van der Waals surface area contributed by atoms with Crippen LogP contribution in [-0.2, 0) is 6.54 Å². The lowest BCUT2D eigenvalue weighted by Gasteiger charge is -2.03. The van der Waals surface area contributed by atoms with E-state index in [1.54, 1.807) is 11.4 Å². The maximum absolute atomic E-state index is 12.0. The van der Waals surface area contributed by atoms with Gasteiger partial charge in [-0.3, -0.25) is 4.79 Å². The van der Waals surface area contributed by atoms with Crippen molar-refractivity contribution in [2.24, 2.45) is 0 Å². The van der Waals surface area contributed by atoms with Gasteiger partial charge < -0.3 is 5.32 Å². The van der Waals surface area contributed by atoms with Gasteiger partial charge in [0.2, 0.25) is 9.97 Å². The standard InChI is InChI=1S/C13H13N5OS/c1-8-3-5-10(6-4-8)7-14-11(19)12-17-18-9(2)15-16-13(18)20-12/h3-6H,7H2,1-2H3,(H,14,19). The molecule has 20 heavy (non-hydrogen) atoms. The van der Waals surface area contributed by atoms with Gasteiger partial charge in [0.1, 0.15) is 0 Å². The number of carbonyl (C=O) groups is 1. The molecule has 1 amide bonds. The van der Waals surface area contributed by atoms with Gasteiger partial charge in [0.25, 0.3) is 5.91 Å². The van der Waals surface area contributed by atoms with Crippen LogP contribution >= 0.6 is 11.3 Å². The SMILES string of the molecule is Cc1ccc(CNC(=O)c2nn3c(C)nnc3s2)cc1. The Hall–Kier alpha value is -2.28. The highest BCUT2D eigenvalue weighted by atomic mass is 32.1. The summed E-state index contributed by atoms with van der Waals surface area (Å²) in [6.45, 7) is 4.32. The summed E-state index contributed by atoms with van der Waals surface area (Å²) in [4.78, 5) is 12.7. The molecule has 0 spiro atoms. The van der Waals surface area contributed by atoms with Crippen LogP contribution in [0.2, 0.25) is 0 Å². The van der Waals surface area contributed by atoms with E-state index >= 15 is 0 Å². The Labute approximate surface area is 119 Å². The first kappa shape index (κ1) is 12.7. The van der Waals surface area contributed by atoms with Crippen LogP contribution in [0.4, 0.5) is 0 Å². The molecule has 0 aliphatic carbocycles. The fourth-order valence-corrected chi connectivity index (χ4v) is 2.57. The Morgan fingerprint density at radius 2 is 2.00 bits per heavy atom. The van der Waals surface area contributed by atoms with Crippen molar-refractivity contribution in [2.75, 3.05) is 0 Å². The van der Waals surface area contributed by atoms with Crippen LogP contribution in [0, 0.1) is 13.8 Å². The number of fused-ring (bicyclic) bond motifs is 1. The zero-order chi connectivity index (χ0) is 14.1. The fourth-order valence-electron chi connectivity index (χ4n) is 1.77. The van der Waals surface area contributed by atoms with Gasteiger partial charge in [0.15, 0.2) is 5.82 Å². The average molecular weight is 287 g/mol. The van der Waals surface area contributed by atoms with Crippen molar-refractivity contribution in [3.05, 3.63) is 46.2 Å². The van der Waals surface area contributed by atoms with Gasteiger partial charge in [0, 0.05) is 6.54 Å². The summed E-state index contributed by atoms with van der Waals surface area (Å²) in [5, 5.41) is 15.3. The van der Waals surface area contributed by atoms with E-state index in [4.69, 9.17) is 0 Å². The third-order valence-electron chi connectivity index (χ3n) is 2.91. The zero-order valence-corrected chi connectivity index (χ0v) is 11.9. The maximum atomic E-state index is 12.0. The molecule has 0 radical (unpaired) electrons. The van der Waals surface area contributed by atoms with Crippen LogP contribution in [0.1, 0.15) is 26.8 Å². The molecule has 0 unspecified atom stereocenters. The molecular weight excluding hydrogens is 274 g/mol. The van der Waals surface area contributed by atoms with E-state index in [-0.39, 0.29) is 5.91 Å². The predicted molar refractivity (Wildman–Crippen MR) is 75.7 cm³/mol. The highest BCUT2D eigenvalue weighted by Gasteiger charge is 2.14. The summed E-state index contributed by atoms with van der Waals surface area (Å²) in [5.41, 5.74) is 2.26. The highest BCUT2D eigenvalue weighted by Crippen LogP contribution is 2.13. The minimum atomic E-state index is -0.194. The molecule has 7 heteroatoms. The summed E-state index contributed by atoms with van der Waals surface area (Å²) in [7, 11) is 0. The fraction of sp³-hybridized carbons (Fsp3) is 0.231. The van der Waals surface area contributed by atoms with Gasteiger partial charge in [0.05, 0.1) is 0 Å². The van der Waals surface area contributed by atoms with Crippen molar-refractivity contribution in [3.8, 4) is 0 Å². The van der Waals surface area contributed by atoms with Crippen molar-refractivity contribution in [2.45, 2.75) is 20.4 Å². The molecule has 0 aliphatic heterocycles. The number of aryl methyl sites for hydroxylation is 2. The molecule has 0 aliphatic rings. The monoisotopic (exact) mass is 287 g/mol. The van der Waals surface area contributed by atoms with Gasteiger partial charge >= 0.3 is 0 Å². The molecule has 2 aromatic heterocycles. The Balaban J connectivity index is 1.71. The van der Waals surface area contributed by atoms with Crippen molar-refractivity contribution < 1.29 is 4.79 Å². The number of nitrogens with one attached hydrogen (secondary N) is 1. The Kier molecular flexibility index (Phi) is 3.19. The lowest BCUT2D eigenvalue weighted by molar-refractivity contribution is 0.0949. The largest absolute Gasteiger partial charge is 0.346 e. The third-order valence-corrected chi connectivity index (χ3v) is 3.81. The van der Waals surface area contributed by atoms with Crippen LogP contribution in [0.25, 0.3) is 4.96 Å². The number of nitrogens with zero attached hydrogens (tertiary/aromatic N) is 4. The van der Waals surface area contributed by atoms with Gasteiger partial charge in [-0.15, -0.1) is 15.3 Å². The number of carbonyl (C=O) groups excluding carboxylic acids is 1. The normalized spacial score (nSPS) is 10.9. The number of hydrogen-bond donors (Lipinski definition) is 1. The second-order valence-corrected chi connectivity index (χ2v) is 5.47. The van der Waals surface area contributed by atoms with Crippen molar-refractivity contribution in [3.63, 3.8) is 0 Å². The molecule has 102 valence electrons. The molecule has 1 aromatic carbocycles. The second-order valence-electron chi connectivity index (χ2n) is 4.52. The summed E-state index contributed by atoms with van der Waals surface area (Å²) in [6, 6.07) is 8.04. The molecular formula is C13H13N5OS. The van der Waals surface area contributed by atoms with Crippen molar-refractivity contribution in [1.29, 1.82) is 0 Å². The first-order valence-electron chi connectivity index (χ1n) is 6.16. The summed E-state index contributed by atoms with van der Waals surface area (Å²) >= 11 is 1.23. The van der Waals surface area contributed by atoms with Crippen LogP contribution in [0.15, 0.2) is 24.3 Å². The lowest BCUT2D eigenvalue weighted by atomic mass is 10.1. The van der Waals surface area contributed by atoms with E-state index in [9.17, 15) is 4.79 Å². The zero-order valence-electron chi connectivity index (χ0n) is 11.1. The quantitative estimate of drug-likeness (QED) is 0.796. The number of rotatable bonds is 3. The van der Waals surface area contributed by atoms with E-state index in [1.165, 1.54) is 16.9 Å².